The van der Waals surface area contributed by atoms with Crippen LogP contribution < -0.4 is 15.0 Å². The number of fused-ring (bicyclic) bond motifs is 1. The fourth-order valence-electron chi connectivity index (χ4n) is 2.74. The van der Waals surface area contributed by atoms with Gasteiger partial charge in [-0.05, 0) is 36.6 Å². The highest BCUT2D eigenvalue weighted by atomic mass is 35.5. The first-order valence-electron chi connectivity index (χ1n) is 7.50. The predicted molar refractivity (Wildman–Crippen MR) is 93.8 cm³/mol. The number of alkyl halides is 3. The summed E-state index contributed by atoms with van der Waals surface area (Å²) in [5.41, 5.74) is 2.12. The van der Waals surface area contributed by atoms with Crippen molar-refractivity contribution >= 4 is 29.7 Å². The number of para-hydroxylation sites is 3. The summed E-state index contributed by atoms with van der Waals surface area (Å²) in [6.45, 7) is 0.630. The van der Waals surface area contributed by atoms with Crippen molar-refractivity contribution in [2.75, 3.05) is 16.8 Å². The van der Waals surface area contributed by atoms with Crippen LogP contribution in [0.1, 0.15) is 12.0 Å². The first-order chi connectivity index (χ1) is 11.4. The van der Waals surface area contributed by atoms with Gasteiger partial charge in [0.2, 0.25) is 0 Å². The fourth-order valence-corrected chi connectivity index (χ4v) is 2.74. The quantitative estimate of drug-likeness (QED) is 0.588. The number of anilines is 2. The molecule has 0 saturated heterocycles. The second-order valence-electron chi connectivity index (χ2n) is 5.40. The summed E-state index contributed by atoms with van der Waals surface area (Å²) in [5, 5.41) is 11.0. The molecule has 2 aromatic carbocycles. The summed E-state index contributed by atoms with van der Waals surface area (Å²) in [6, 6.07) is 13.4. The summed E-state index contributed by atoms with van der Waals surface area (Å²) in [7, 11) is 0. The van der Waals surface area contributed by atoms with Crippen molar-refractivity contribution in [2.45, 2.75) is 19.2 Å². The zero-order valence-corrected chi connectivity index (χ0v) is 14.0. The first-order valence-corrected chi connectivity index (χ1v) is 7.50. The van der Waals surface area contributed by atoms with Crippen molar-refractivity contribution in [3.63, 3.8) is 0 Å². The van der Waals surface area contributed by atoms with Gasteiger partial charge in [0.25, 0.3) is 0 Å². The Labute approximate surface area is 149 Å². The van der Waals surface area contributed by atoms with Crippen LogP contribution in [0.25, 0.3) is 0 Å². The minimum absolute atomic E-state index is 0. The number of rotatable bonds is 2. The van der Waals surface area contributed by atoms with E-state index < -0.39 is 6.36 Å². The normalized spacial score (nSPS) is 13.5. The maximum Gasteiger partial charge on any atom is 0.573 e. The van der Waals surface area contributed by atoms with Crippen molar-refractivity contribution < 1.29 is 17.9 Å². The molecule has 0 aromatic heterocycles. The van der Waals surface area contributed by atoms with Gasteiger partial charge in [0.15, 0.2) is 11.7 Å². The standard InChI is InChI=1S/C17H16F3N3O.ClH/c18-17(19,20)24-15-10-4-2-8-13(15)22-16(21)23-11-5-7-12-6-1-3-9-14(12)23;/h1-4,6,8-10H,5,7,11H2,(H2,21,22);1H. The molecule has 1 heterocycles. The molecule has 0 saturated carbocycles. The predicted octanol–water partition coefficient (Wildman–Crippen LogP) is 4.81. The molecule has 0 unspecified atom stereocenters. The van der Waals surface area contributed by atoms with Crippen LogP contribution in [-0.2, 0) is 6.42 Å². The molecule has 0 spiro atoms. The Morgan fingerprint density at radius 3 is 2.52 bits per heavy atom. The minimum Gasteiger partial charge on any atom is -0.404 e. The molecule has 1 aliphatic heterocycles. The fraction of sp³-hybridized carbons (Fsp3) is 0.235. The van der Waals surface area contributed by atoms with E-state index in [0.717, 1.165) is 24.1 Å². The van der Waals surface area contributed by atoms with Crippen LogP contribution in [0.5, 0.6) is 5.75 Å². The van der Waals surface area contributed by atoms with Gasteiger partial charge < -0.3 is 15.0 Å². The zero-order valence-electron chi connectivity index (χ0n) is 13.1. The van der Waals surface area contributed by atoms with Gasteiger partial charge in [0.05, 0.1) is 5.69 Å². The Hall–Kier alpha value is -2.41. The van der Waals surface area contributed by atoms with Crippen LogP contribution in [0, 0.1) is 5.41 Å². The van der Waals surface area contributed by atoms with Gasteiger partial charge >= 0.3 is 6.36 Å². The molecule has 0 fully saturated rings. The maximum absolute atomic E-state index is 12.5. The Bertz CT molecular complexity index is 752. The molecule has 0 atom stereocenters. The van der Waals surface area contributed by atoms with Crippen LogP contribution >= 0.6 is 12.4 Å². The Morgan fingerprint density at radius 1 is 1.08 bits per heavy atom. The molecule has 8 heteroatoms. The highest BCUT2D eigenvalue weighted by molar-refractivity contribution is 6.04. The molecule has 2 N–H and O–H groups in total. The van der Waals surface area contributed by atoms with Gasteiger partial charge in [-0.3, -0.25) is 5.41 Å². The highest BCUT2D eigenvalue weighted by Gasteiger charge is 2.32. The van der Waals surface area contributed by atoms with Crippen molar-refractivity contribution in [3.8, 4) is 5.75 Å². The van der Waals surface area contributed by atoms with Crippen LogP contribution in [0.2, 0.25) is 0 Å². The third-order valence-corrected chi connectivity index (χ3v) is 3.75. The Morgan fingerprint density at radius 2 is 1.76 bits per heavy atom. The van der Waals surface area contributed by atoms with Gasteiger partial charge in [-0.2, -0.15) is 0 Å². The number of nitrogens with zero attached hydrogens (tertiary/aromatic N) is 1. The number of aryl methyl sites for hydroxylation is 1. The van der Waals surface area contributed by atoms with Gasteiger partial charge in [-0.15, -0.1) is 25.6 Å². The third kappa shape index (κ3) is 4.57. The van der Waals surface area contributed by atoms with Gasteiger partial charge in [-0.25, -0.2) is 0 Å². The molecule has 2 aromatic rings. The molecule has 0 aliphatic carbocycles. The minimum atomic E-state index is -4.78. The van der Waals surface area contributed by atoms with Gasteiger partial charge in [0, 0.05) is 12.2 Å². The summed E-state index contributed by atoms with van der Waals surface area (Å²) in [6.07, 6.45) is -2.98. The Kier molecular flexibility index (Phi) is 5.79. The van der Waals surface area contributed by atoms with E-state index in [2.05, 4.69) is 10.1 Å². The molecule has 0 radical (unpaired) electrons. The van der Waals surface area contributed by atoms with Crippen LogP contribution in [0.4, 0.5) is 24.5 Å². The molecule has 134 valence electrons. The van der Waals surface area contributed by atoms with E-state index in [0.29, 0.717) is 6.54 Å². The number of benzene rings is 2. The summed E-state index contributed by atoms with van der Waals surface area (Å²) >= 11 is 0. The van der Waals surface area contributed by atoms with E-state index >= 15 is 0 Å². The number of hydrogen-bond donors (Lipinski definition) is 2. The van der Waals surface area contributed by atoms with Crippen LogP contribution in [0.15, 0.2) is 48.5 Å². The lowest BCUT2D eigenvalue weighted by atomic mass is 10.0. The SMILES string of the molecule is Cl.N=C(Nc1ccccc1OC(F)(F)F)N1CCCc2ccccc21. The van der Waals surface area contributed by atoms with Crippen LogP contribution in [0.3, 0.4) is 0 Å². The number of hydrogen-bond acceptors (Lipinski definition) is 2. The van der Waals surface area contributed by atoms with Crippen molar-refractivity contribution in [2.24, 2.45) is 0 Å². The molecular weight excluding hydrogens is 355 g/mol. The van der Waals surface area contributed by atoms with Gasteiger partial charge in [0.1, 0.15) is 0 Å². The first kappa shape index (κ1) is 18.9. The Balaban J connectivity index is 0.00000225. The van der Waals surface area contributed by atoms with Crippen molar-refractivity contribution in [1.82, 2.24) is 0 Å². The molecule has 0 bridgehead atoms. The van der Waals surface area contributed by atoms with Crippen molar-refractivity contribution in [3.05, 3.63) is 54.1 Å². The summed E-state index contributed by atoms with van der Waals surface area (Å²) in [5.74, 6) is -0.347. The molecular formula is C17H17ClF3N3O. The van der Waals surface area contributed by atoms with E-state index in [1.807, 2.05) is 24.3 Å². The monoisotopic (exact) mass is 371 g/mol. The maximum atomic E-state index is 12.5. The number of halogens is 4. The highest BCUT2D eigenvalue weighted by Crippen LogP contribution is 2.31. The second-order valence-corrected chi connectivity index (χ2v) is 5.40. The van der Waals surface area contributed by atoms with E-state index in [-0.39, 0.29) is 29.8 Å². The summed E-state index contributed by atoms with van der Waals surface area (Å²) in [4.78, 5) is 1.75. The lowest BCUT2D eigenvalue weighted by Crippen LogP contribution is -2.39. The average Bonchev–Trinajstić information content (AvgIpc) is 2.55. The van der Waals surface area contributed by atoms with Gasteiger partial charge in [-0.1, -0.05) is 30.3 Å². The number of nitrogens with one attached hydrogen (secondary N) is 2. The zero-order chi connectivity index (χ0) is 17.2. The largest absolute Gasteiger partial charge is 0.573 e. The second kappa shape index (κ2) is 7.65. The van der Waals surface area contributed by atoms with Crippen molar-refractivity contribution in [1.29, 1.82) is 5.41 Å². The molecule has 1 aliphatic rings. The molecule has 0 amide bonds. The van der Waals surface area contributed by atoms with E-state index in [4.69, 9.17) is 5.41 Å². The summed E-state index contributed by atoms with van der Waals surface area (Å²) < 4.78 is 41.5. The third-order valence-electron chi connectivity index (χ3n) is 3.75. The number of ether oxygens (including phenoxy) is 1. The number of guanidine groups is 1. The van der Waals surface area contributed by atoms with E-state index in [1.54, 1.807) is 11.0 Å². The van der Waals surface area contributed by atoms with E-state index in [9.17, 15) is 13.2 Å². The van der Waals surface area contributed by atoms with Crippen LogP contribution in [-0.4, -0.2) is 18.9 Å². The smallest absolute Gasteiger partial charge is 0.404 e. The molecule has 25 heavy (non-hydrogen) atoms. The average molecular weight is 372 g/mol. The molecule has 4 nitrogen and oxygen atoms in total. The lowest BCUT2D eigenvalue weighted by Gasteiger charge is -2.31. The lowest BCUT2D eigenvalue weighted by molar-refractivity contribution is -0.274. The van der Waals surface area contributed by atoms with E-state index in [1.165, 1.54) is 18.2 Å². The molecule has 3 rings (SSSR count). The topological polar surface area (TPSA) is 48.4 Å².